The van der Waals surface area contributed by atoms with Crippen LogP contribution in [0.5, 0.6) is 0 Å². The lowest BCUT2D eigenvalue weighted by atomic mass is 9.85. The van der Waals surface area contributed by atoms with Gasteiger partial charge in [0.1, 0.15) is 5.56 Å². The van der Waals surface area contributed by atoms with Gasteiger partial charge in [0.15, 0.2) is 0 Å². The van der Waals surface area contributed by atoms with Gasteiger partial charge in [0.2, 0.25) is 11.7 Å². The molecule has 2 unspecified atom stereocenters. The van der Waals surface area contributed by atoms with Crippen LogP contribution >= 0.6 is 0 Å². The van der Waals surface area contributed by atoms with Crippen LogP contribution in [0.4, 0.5) is 5.69 Å². The molecule has 0 amide bonds. The van der Waals surface area contributed by atoms with Gasteiger partial charge in [0, 0.05) is 12.1 Å². The molecule has 7 heteroatoms. The van der Waals surface area contributed by atoms with Crippen molar-refractivity contribution in [2.75, 3.05) is 0 Å². The molecule has 0 radical (unpaired) electrons. The molecular formula is C14H16N4O3. The van der Waals surface area contributed by atoms with Gasteiger partial charge in [-0.15, -0.1) is 0 Å². The zero-order valence-corrected chi connectivity index (χ0v) is 11.7. The second-order valence-corrected chi connectivity index (χ2v) is 5.61. The smallest absolute Gasteiger partial charge is 0.280 e. The monoisotopic (exact) mass is 288 g/mol. The maximum absolute atomic E-state index is 11.1. The Labute approximate surface area is 121 Å². The Kier molecular flexibility index (Phi) is 3.21. The molecule has 1 aliphatic carbocycles. The molecule has 1 fully saturated rings. The summed E-state index contributed by atoms with van der Waals surface area (Å²) in [5, 5.41) is 15.0. The first-order valence-corrected chi connectivity index (χ1v) is 6.86. The highest BCUT2D eigenvalue weighted by Crippen LogP contribution is 2.40. The summed E-state index contributed by atoms with van der Waals surface area (Å²) in [4.78, 5) is 15.0. The lowest BCUT2D eigenvalue weighted by Gasteiger charge is -2.23. The van der Waals surface area contributed by atoms with Crippen molar-refractivity contribution in [3.63, 3.8) is 0 Å². The van der Waals surface area contributed by atoms with E-state index >= 15 is 0 Å². The fourth-order valence-electron chi connectivity index (χ4n) is 2.85. The first-order valence-electron chi connectivity index (χ1n) is 6.86. The number of hydrogen-bond acceptors (Lipinski definition) is 6. The van der Waals surface area contributed by atoms with Crippen molar-refractivity contribution in [2.24, 2.45) is 5.73 Å². The molecule has 1 aromatic heterocycles. The summed E-state index contributed by atoms with van der Waals surface area (Å²) in [7, 11) is 0. The van der Waals surface area contributed by atoms with E-state index in [1.165, 1.54) is 6.07 Å². The zero-order chi connectivity index (χ0) is 15.0. The average molecular weight is 288 g/mol. The number of para-hydroxylation sites is 1. The maximum Gasteiger partial charge on any atom is 0.280 e. The number of nitro groups is 1. The largest absolute Gasteiger partial charge is 0.338 e. The molecule has 3 rings (SSSR count). The molecule has 2 atom stereocenters. The number of nitrogens with zero attached hydrogens (tertiary/aromatic N) is 3. The van der Waals surface area contributed by atoms with Crippen LogP contribution < -0.4 is 5.73 Å². The Morgan fingerprint density at radius 2 is 2.24 bits per heavy atom. The third kappa shape index (κ3) is 2.19. The molecular weight excluding hydrogens is 272 g/mol. The molecule has 1 heterocycles. The Morgan fingerprint density at radius 1 is 1.48 bits per heavy atom. The lowest BCUT2D eigenvalue weighted by molar-refractivity contribution is -0.384. The molecule has 1 aliphatic rings. The Hall–Kier alpha value is -2.28. The van der Waals surface area contributed by atoms with Gasteiger partial charge in [-0.1, -0.05) is 23.7 Å². The summed E-state index contributed by atoms with van der Waals surface area (Å²) in [5.41, 5.74) is 6.10. The van der Waals surface area contributed by atoms with Gasteiger partial charge in [0.05, 0.1) is 10.3 Å². The second kappa shape index (κ2) is 4.92. The van der Waals surface area contributed by atoms with Gasteiger partial charge in [0.25, 0.3) is 5.69 Å². The van der Waals surface area contributed by atoms with Gasteiger partial charge in [-0.2, -0.15) is 4.98 Å². The van der Waals surface area contributed by atoms with E-state index in [1.54, 1.807) is 18.2 Å². The predicted molar refractivity (Wildman–Crippen MR) is 75.6 cm³/mol. The van der Waals surface area contributed by atoms with Crippen LogP contribution in [0.2, 0.25) is 0 Å². The van der Waals surface area contributed by atoms with E-state index in [0.717, 1.165) is 19.3 Å². The number of hydrogen-bond donors (Lipinski definition) is 1. The minimum absolute atomic E-state index is 0.0310. The van der Waals surface area contributed by atoms with Crippen LogP contribution in [0.1, 0.15) is 32.1 Å². The molecule has 110 valence electrons. The minimum Gasteiger partial charge on any atom is -0.338 e. The van der Waals surface area contributed by atoms with Crippen LogP contribution in [-0.2, 0) is 5.41 Å². The van der Waals surface area contributed by atoms with Crippen molar-refractivity contribution in [3.8, 4) is 11.4 Å². The molecule has 1 saturated carbocycles. The van der Waals surface area contributed by atoms with Gasteiger partial charge >= 0.3 is 0 Å². The van der Waals surface area contributed by atoms with Crippen LogP contribution in [0.3, 0.4) is 0 Å². The summed E-state index contributed by atoms with van der Waals surface area (Å²) in [6.07, 6.45) is 2.81. The van der Waals surface area contributed by atoms with Crippen LogP contribution in [0.15, 0.2) is 28.8 Å². The fourth-order valence-corrected chi connectivity index (χ4v) is 2.85. The van der Waals surface area contributed by atoms with E-state index in [0.29, 0.717) is 11.5 Å². The van der Waals surface area contributed by atoms with Gasteiger partial charge in [-0.05, 0) is 25.8 Å². The number of aromatic nitrogens is 2. The van der Waals surface area contributed by atoms with Crippen molar-refractivity contribution in [2.45, 2.75) is 37.6 Å². The number of rotatable bonds is 3. The van der Waals surface area contributed by atoms with Gasteiger partial charge < -0.3 is 10.3 Å². The quantitative estimate of drug-likeness (QED) is 0.686. The SMILES string of the molecule is CC1(c2nc(-c3ccccc3[N+](=O)[O-])no2)CCCC1N. The van der Waals surface area contributed by atoms with Crippen LogP contribution in [0, 0.1) is 10.1 Å². The van der Waals surface area contributed by atoms with E-state index in [-0.39, 0.29) is 23.0 Å². The lowest BCUT2D eigenvalue weighted by Crippen LogP contribution is -2.38. The second-order valence-electron chi connectivity index (χ2n) is 5.61. The zero-order valence-electron chi connectivity index (χ0n) is 11.7. The van der Waals surface area contributed by atoms with Crippen molar-refractivity contribution >= 4 is 5.69 Å². The maximum atomic E-state index is 11.1. The molecule has 2 aromatic rings. The molecule has 7 nitrogen and oxygen atoms in total. The summed E-state index contributed by atoms with van der Waals surface area (Å²) in [5.74, 6) is 0.693. The molecule has 1 aromatic carbocycles. The normalized spacial score (nSPS) is 25.1. The average Bonchev–Trinajstić information content (AvgIpc) is 3.08. The van der Waals surface area contributed by atoms with E-state index in [2.05, 4.69) is 10.1 Å². The van der Waals surface area contributed by atoms with Gasteiger partial charge in [-0.25, -0.2) is 0 Å². The fraction of sp³-hybridized carbons (Fsp3) is 0.429. The molecule has 0 saturated heterocycles. The third-order valence-electron chi connectivity index (χ3n) is 4.29. The molecule has 21 heavy (non-hydrogen) atoms. The summed E-state index contributed by atoms with van der Waals surface area (Å²) < 4.78 is 5.35. The summed E-state index contributed by atoms with van der Waals surface area (Å²) in [6, 6.07) is 6.33. The van der Waals surface area contributed by atoms with Crippen molar-refractivity contribution in [3.05, 3.63) is 40.3 Å². The topological polar surface area (TPSA) is 108 Å². The number of benzene rings is 1. The van der Waals surface area contributed by atoms with Crippen LogP contribution in [-0.4, -0.2) is 21.1 Å². The highest BCUT2D eigenvalue weighted by Gasteiger charge is 2.43. The summed E-state index contributed by atoms with van der Waals surface area (Å²) >= 11 is 0. The predicted octanol–water partition coefficient (Wildman–Crippen LogP) is 2.41. The van der Waals surface area contributed by atoms with Crippen molar-refractivity contribution in [1.82, 2.24) is 10.1 Å². The van der Waals surface area contributed by atoms with Crippen molar-refractivity contribution in [1.29, 1.82) is 0 Å². The highest BCUT2D eigenvalue weighted by molar-refractivity contribution is 5.67. The summed E-state index contributed by atoms with van der Waals surface area (Å²) in [6.45, 7) is 2.00. The highest BCUT2D eigenvalue weighted by atomic mass is 16.6. The Balaban J connectivity index is 2.02. The first-order chi connectivity index (χ1) is 10.0. The molecule has 0 aliphatic heterocycles. The van der Waals surface area contributed by atoms with E-state index < -0.39 is 4.92 Å². The van der Waals surface area contributed by atoms with Crippen LogP contribution in [0.25, 0.3) is 11.4 Å². The van der Waals surface area contributed by atoms with E-state index in [9.17, 15) is 10.1 Å². The third-order valence-corrected chi connectivity index (χ3v) is 4.29. The van der Waals surface area contributed by atoms with Crippen molar-refractivity contribution < 1.29 is 9.45 Å². The Morgan fingerprint density at radius 3 is 2.90 bits per heavy atom. The molecule has 0 bridgehead atoms. The Bertz CT molecular complexity index is 684. The molecule has 2 N–H and O–H groups in total. The van der Waals surface area contributed by atoms with E-state index in [4.69, 9.17) is 10.3 Å². The first kappa shape index (κ1) is 13.7. The minimum atomic E-state index is -0.450. The number of nitrogens with two attached hydrogens (primary N) is 1. The van der Waals surface area contributed by atoms with Gasteiger partial charge in [-0.3, -0.25) is 10.1 Å². The standard InChI is InChI=1S/C14H16N4O3/c1-14(8-4-7-11(14)15)13-16-12(17-21-13)9-5-2-3-6-10(9)18(19)20/h2-3,5-6,11H,4,7-8,15H2,1H3. The van der Waals surface area contributed by atoms with E-state index in [1.807, 2.05) is 6.92 Å². The number of nitro benzene ring substituents is 1. The molecule has 0 spiro atoms.